The maximum absolute atomic E-state index is 13.9. The number of anilines is 4. The largest absolute Gasteiger partial charge is 0.318 e. The maximum atomic E-state index is 13.9. The van der Waals surface area contributed by atoms with E-state index in [2.05, 4.69) is 35.8 Å². The molecule has 27 heavy (non-hydrogen) atoms. The molecule has 0 aliphatic carbocycles. The minimum Gasteiger partial charge on any atom is -0.318 e. The Hall–Kier alpha value is -2.88. The fourth-order valence-corrected chi connectivity index (χ4v) is 4.56. The van der Waals surface area contributed by atoms with Crippen LogP contribution >= 0.6 is 0 Å². The molecular weight excluding hydrogens is 342 g/mol. The van der Waals surface area contributed by atoms with Crippen LogP contribution < -0.4 is 9.80 Å². The first-order valence-electron chi connectivity index (χ1n) is 9.29. The van der Waals surface area contributed by atoms with Crippen molar-refractivity contribution in [3.8, 4) is 0 Å². The van der Waals surface area contributed by atoms with E-state index in [4.69, 9.17) is 0 Å². The summed E-state index contributed by atoms with van der Waals surface area (Å²) in [4.78, 5) is 4.58. The molecule has 0 bridgehead atoms. The monoisotopic (exact) mass is 362 g/mol. The van der Waals surface area contributed by atoms with Gasteiger partial charge in [0.15, 0.2) is 0 Å². The second-order valence-corrected chi connectivity index (χ2v) is 7.47. The molecule has 0 saturated heterocycles. The summed E-state index contributed by atoms with van der Waals surface area (Å²) in [6.45, 7) is 4.37. The van der Waals surface area contributed by atoms with E-state index >= 15 is 0 Å². The Labute approximate surface area is 157 Å². The third-order valence-corrected chi connectivity index (χ3v) is 6.03. The Morgan fingerprint density at radius 1 is 0.704 bits per heavy atom. The van der Waals surface area contributed by atoms with Crippen molar-refractivity contribution < 1.29 is 8.78 Å². The van der Waals surface area contributed by atoms with E-state index in [1.165, 1.54) is 18.2 Å². The second-order valence-electron chi connectivity index (χ2n) is 7.47. The van der Waals surface area contributed by atoms with Crippen molar-refractivity contribution in [2.24, 2.45) is 5.92 Å². The normalized spacial score (nSPS) is 23.0. The van der Waals surface area contributed by atoms with Gasteiger partial charge in [-0.1, -0.05) is 26.0 Å². The van der Waals surface area contributed by atoms with Crippen LogP contribution in [0.4, 0.5) is 31.5 Å². The first kappa shape index (κ1) is 16.3. The number of hydrogen-bond donors (Lipinski definition) is 0. The number of rotatable bonds is 1. The Morgan fingerprint density at radius 2 is 1.33 bits per heavy atom. The maximum Gasteiger partial charge on any atom is 0.123 e. The predicted octanol–water partition coefficient (Wildman–Crippen LogP) is 6.33. The molecule has 3 atom stereocenters. The van der Waals surface area contributed by atoms with E-state index in [-0.39, 0.29) is 29.6 Å². The molecule has 2 aliphatic heterocycles. The highest BCUT2D eigenvalue weighted by atomic mass is 19.1. The summed E-state index contributed by atoms with van der Waals surface area (Å²) < 4.78 is 27.5. The molecule has 136 valence electrons. The molecule has 0 N–H and O–H groups in total. The summed E-state index contributed by atoms with van der Waals surface area (Å²) in [6, 6.07) is 20.0. The van der Waals surface area contributed by atoms with Gasteiger partial charge in [0.1, 0.15) is 17.8 Å². The topological polar surface area (TPSA) is 6.48 Å². The van der Waals surface area contributed by atoms with Gasteiger partial charge in [-0.2, -0.15) is 0 Å². The summed E-state index contributed by atoms with van der Waals surface area (Å²) in [6.07, 6.45) is 0.0563. The number of benzene rings is 3. The number of nitrogens with zero attached hydrogens (tertiary/aromatic N) is 2. The fourth-order valence-electron chi connectivity index (χ4n) is 4.56. The molecule has 2 nitrogen and oxygen atoms in total. The fraction of sp³-hybridized carbons (Fsp3) is 0.217. The van der Waals surface area contributed by atoms with Crippen LogP contribution in [0.2, 0.25) is 0 Å². The molecular formula is C23H20F2N2. The second kappa shape index (κ2) is 5.81. The van der Waals surface area contributed by atoms with Crippen molar-refractivity contribution in [3.63, 3.8) is 0 Å². The van der Waals surface area contributed by atoms with E-state index in [0.717, 1.165) is 28.3 Å². The molecule has 3 unspecified atom stereocenters. The van der Waals surface area contributed by atoms with Crippen molar-refractivity contribution in [2.75, 3.05) is 9.80 Å². The van der Waals surface area contributed by atoms with Gasteiger partial charge < -0.3 is 9.80 Å². The molecule has 4 heteroatoms. The van der Waals surface area contributed by atoms with E-state index in [0.29, 0.717) is 0 Å². The summed E-state index contributed by atoms with van der Waals surface area (Å²) in [5.41, 5.74) is 5.23. The number of hydrogen-bond acceptors (Lipinski definition) is 2. The number of halogens is 2. The van der Waals surface area contributed by atoms with Gasteiger partial charge in [-0.15, -0.1) is 0 Å². The summed E-state index contributed by atoms with van der Waals surface area (Å²) in [5.74, 6) is 0.00839. The minimum atomic E-state index is -0.242. The van der Waals surface area contributed by atoms with Gasteiger partial charge in [0.2, 0.25) is 0 Å². The van der Waals surface area contributed by atoms with Crippen LogP contribution in [0.5, 0.6) is 0 Å². The van der Waals surface area contributed by atoms with Crippen molar-refractivity contribution in [1.29, 1.82) is 0 Å². The Balaban J connectivity index is 1.75. The van der Waals surface area contributed by atoms with Gasteiger partial charge in [-0.3, -0.25) is 0 Å². The molecule has 0 aromatic heterocycles. The molecule has 0 amide bonds. The van der Waals surface area contributed by atoms with Gasteiger partial charge in [-0.05, 0) is 66.1 Å². The van der Waals surface area contributed by atoms with Gasteiger partial charge in [0, 0.05) is 17.3 Å². The van der Waals surface area contributed by atoms with E-state index < -0.39 is 0 Å². The molecule has 0 saturated carbocycles. The van der Waals surface area contributed by atoms with Crippen LogP contribution in [0.1, 0.15) is 25.3 Å². The minimum absolute atomic E-state index is 0.0563. The lowest BCUT2D eigenvalue weighted by Crippen LogP contribution is -2.48. The highest BCUT2D eigenvalue weighted by Crippen LogP contribution is 2.55. The smallest absolute Gasteiger partial charge is 0.123 e. The van der Waals surface area contributed by atoms with Crippen molar-refractivity contribution >= 4 is 22.7 Å². The van der Waals surface area contributed by atoms with Crippen LogP contribution in [0.25, 0.3) is 0 Å². The van der Waals surface area contributed by atoms with Crippen LogP contribution in [0, 0.1) is 17.6 Å². The first-order chi connectivity index (χ1) is 13.1. The zero-order chi connectivity index (χ0) is 18.7. The van der Waals surface area contributed by atoms with Crippen LogP contribution in [-0.2, 0) is 0 Å². The molecule has 2 aliphatic rings. The Kier molecular flexibility index (Phi) is 3.51. The number of para-hydroxylation sites is 2. The molecule has 2 heterocycles. The van der Waals surface area contributed by atoms with Crippen molar-refractivity contribution in [2.45, 2.75) is 25.9 Å². The van der Waals surface area contributed by atoms with E-state index in [9.17, 15) is 8.78 Å². The Morgan fingerprint density at radius 3 is 2.04 bits per heavy atom. The molecule has 3 aromatic carbocycles. The van der Waals surface area contributed by atoms with Gasteiger partial charge >= 0.3 is 0 Å². The molecule has 5 rings (SSSR count). The number of fused-ring (bicyclic) bond motifs is 5. The lowest BCUT2D eigenvalue weighted by Gasteiger charge is -2.45. The van der Waals surface area contributed by atoms with E-state index in [1.54, 1.807) is 6.07 Å². The predicted molar refractivity (Wildman–Crippen MR) is 105 cm³/mol. The zero-order valence-electron chi connectivity index (χ0n) is 15.2. The highest BCUT2D eigenvalue weighted by Gasteiger charge is 2.46. The lowest BCUT2D eigenvalue weighted by atomic mass is 9.81. The summed E-state index contributed by atoms with van der Waals surface area (Å²) in [5, 5.41) is 0. The van der Waals surface area contributed by atoms with Crippen molar-refractivity contribution in [1.82, 2.24) is 0 Å². The van der Waals surface area contributed by atoms with E-state index in [1.807, 2.05) is 30.3 Å². The van der Waals surface area contributed by atoms with Crippen LogP contribution in [0.15, 0.2) is 66.7 Å². The van der Waals surface area contributed by atoms with Crippen LogP contribution in [0.3, 0.4) is 0 Å². The SMILES string of the molecule is CC1c2cc(F)ccc2N2c3ccccc3N(c3ccc(F)cc3)C2C1C. The lowest BCUT2D eigenvalue weighted by molar-refractivity contribution is 0.385. The average Bonchev–Trinajstić information content (AvgIpc) is 3.02. The Bertz CT molecular complexity index is 1020. The summed E-state index contributed by atoms with van der Waals surface area (Å²) in [7, 11) is 0. The van der Waals surface area contributed by atoms with Crippen molar-refractivity contribution in [3.05, 3.63) is 83.9 Å². The third kappa shape index (κ3) is 2.29. The molecule has 0 spiro atoms. The molecule has 3 aromatic rings. The average molecular weight is 362 g/mol. The van der Waals surface area contributed by atoms with Gasteiger partial charge in [0.25, 0.3) is 0 Å². The standard InChI is InChI=1S/C23H20F2N2/c1-14-15(2)23-26(18-10-7-16(24)8-11-18)21-5-3-4-6-22(21)27(23)20-12-9-17(25)13-19(14)20/h3-15,23H,1-2H3. The molecule has 0 fully saturated rings. The highest BCUT2D eigenvalue weighted by molar-refractivity contribution is 5.90. The van der Waals surface area contributed by atoms with Gasteiger partial charge in [-0.25, -0.2) is 8.78 Å². The first-order valence-corrected chi connectivity index (χ1v) is 9.29. The molecule has 0 radical (unpaired) electrons. The van der Waals surface area contributed by atoms with Crippen LogP contribution in [-0.4, -0.2) is 6.17 Å². The third-order valence-electron chi connectivity index (χ3n) is 6.03. The quantitative estimate of drug-likeness (QED) is 0.499. The summed E-state index contributed by atoms with van der Waals surface area (Å²) >= 11 is 0. The zero-order valence-corrected chi connectivity index (χ0v) is 15.2. The van der Waals surface area contributed by atoms with Gasteiger partial charge in [0.05, 0.1) is 11.4 Å².